The van der Waals surface area contributed by atoms with Crippen LogP contribution in [-0.4, -0.2) is 16.2 Å². The van der Waals surface area contributed by atoms with Crippen molar-refractivity contribution in [2.45, 2.75) is 19.4 Å². The van der Waals surface area contributed by atoms with Gasteiger partial charge in [0.2, 0.25) is 0 Å². The third-order valence-electron chi connectivity index (χ3n) is 1.46. The van der Waals surface area contributed by atoms with Crippen molar-refractivity contribution >= 4 is 17.3 Å². The van der Waals surface area contributed by atoms with Crippen LogP contribution >= 0.6 is 11.6 Å². The summed E-state index contributed by atoms with van der Waals surface area (Å²) in [6, 6.07) is 3.31. The summed E-state index contributed by atoms with van der Waals surface area (Å²) in [5.41, 5.74) is 6.83. The molecule has 1 aromatic heterocycles. The number of nitrogens with zero attached hydrogens (tertiary/aromatic N) is 1. The molecule has 0 aliphatic heterocycles. The number of anilines is 1. The number of aliphatic hydroxyl groups is 1. The molecule has 3 N–H and O–H groups in total. The highest BCUT2D eigenvalue weighted by Crippen LogP contribution is 2.14. The standard InChI is InChI=1S/C8H11ClN2O/c1-5(12)4-7-6(10)2-3-8(9)11-7/h2-3,5,12H,4,10H2,1H3. The van der Waals surface area contributed by atoms with Crippen molar-refractivity contribution in [2.24, 2.45) is 0 Å². The Balaban J connectivity index is 2.90. The van der Waals surface area contributed by atoms with Crippen LogP contribution in [0.1, 0.15) is 12.6 Å². The van der Waals surface area contributed by atoms with Gasteiger partial charge in [-0.3, -0.25) is 0 Å². The van der Waals surface area contributed by atoms with Gasteiger partial charge >= 0.3 is 0 Å². The smallest absolute Gasteiger partial charge is 0.129 e. The average molecular weight is 187 g/mol. The zero-order chi connectivity index (χ0) is 9.14. The number of hydrogen-bond donors (Lipinski definition) is 2. The molecule has 1 rings (SSSR count). The van der Waals surface area contributed by atoms with E-state index >= 15 is 0 Å². The molecule has 4 heteroatoms. The lowest BCUT2D eigenvalue weighted by atomic mass is 10.2. The lowest BCUT2D eigenvalue weighted by Gasteiger charge is -2.06. The molecule has 0 saturated heterocycles. The van der Waals surface area contributed by atoms with Crippen LogP contribution in [0.5, 0.6) is 0 Å². The second-order valence-corrected chi connectivity index (χ2v) is 3.11. The summed E-state index contributed by atoms with van der Waals surface area (Å²) in [6.45, 7) is 1.68. The van der Waals surface area contributed by atoms with E-state index in [2.05, 4.69) is 4.98 Å². The van der Waals surface area contributed by atoms with Crippen LogP contribution in [0.25, 0.3) is 0 Å². The Kier molecular flexibility index (Phi) is 2.89. The summed E-state index contributed by atoms with van der Waals surface area (Å²) in [4.78, 5) is 3.99. The summed E-state index contributed by atoms with van der Waals surface area (Å²) in [5.74, 6) is 0. The third-order valence-corrected chi connectivity index (χ3v) is 1.67. The highest BCUT2D eigenvalue weighted by molar-refractivity contribution is 6.29. The molecule has 0 aromatic carbocycles. The van der Waals surface area contributed by atoms with Gasteiger partial charge in [-0.1, -0.05) is 11.6 Å². The van der Waals surface area contributed by atoms with Gasteiger partial charge in [-0.2, -0.15) is 0 Å². The first-order chi connectivity index (χ1) is 5.59. The zero-order valence-corrected chi connectivity index (χ0v) is 7.54. The van der Waals surface area contributed by atoms with Crippen LogP contribution in [0.2, 0.25) is 5.15 Å². The monoisotopic (exact) mass is 186 g/mol. The zero-order valence-electron chi connectivity index (χ0n) is 6.79. The Bertz CT molecular complexity index is 276. The van der Waals surface area contributed by atoms with Gasteiger partial charge in [-0.05, 0) is 19.1 Å². The van der Waals surface area contributed by atoms with E-state index in [1.54, 1.807) is 19.1 Å². The minimum atomic E-state index is -0.446. The molecule has 12 heavy (non-hydrogen) atoms. The summed E-state index contributed by atoms with van der Waals surface area (Å²) < 4.78 is 0. The van der Waals surface area contributed by atoms with Gasteiger partial charge in [0.05, 0.1) is 17.5 Å². The lowest BCUT2D eigenvalue weighted by molar-refractivity contribution is 0.194. The minimum Gasteiger partial charge on any atom is -0.397 e. The predicted molar refractivity (Wildman–Crippen MR) is 49.0 cm³/mol. The van der Waals surface area contributed by atoms with Gasteiger partial charge in [0.1, 0.15) is 5.15 Å². The van der Waals surface area contributed by atoms with E-state index in [0.717, 1.165) is 0 Å². The molecule has 0 amide bonds. The number of rotatable bonds is 2. The van der Waals surface area contributed by atoms with E-state index in [9.17, 15) is 0 Å². The van der Waals surface area contributed by atoms with Gasteiger partial charge in [0, 0.05) is 6.42 Å². The SMILES string of the molecule is CC(O)Cc1nc(Cl)ccc1N. The molecule has 0 aliphatic rings. The molecule has 66 valence electrons. The molecule has 0 saturated carbocycles. The number of hydrogen-bond acceptors (Lipinski definition) is 3. The first kappa shape index (κ1) is 9.29. The fraction of sp³-hybridized carbons (Fsp3) is 0.375. The Hall–Kier alpha value is -0.800. The van der Waals surface area contributed by atoms with Crippen LogP contribution in [0.4, 0.5) is 5.69 Å². The minimum absolute atomic E-state index is 0.403. The lowest BCUT2D eigenvalue weighted by Crippen LogP contribution is -2.08. The maximum atomic E-state index is 9.08. The predicted octanol–water partition coefficient (Wildman–Crippen LogP) is 1.24. The molecule has 1 heterocycles. The van der Waals surface area contributed by atoms with Crippen LogP contribution < -0.4 is 5.73 Å². The van der Waals surface area contributed by atoms with E-state index in [-0.39, 0.29) is 0 Å². The van der Waals surface area contributed by atoms with Gasteiger partial charge < -0.3 is 10.8 Å². The fourth-order valence-electron chi connectivity index (χ4n) is 0.929. The van der Waals surface area contributed by atoms with Crippen molar-refractivity contribution in [3.63, 3.8) is 0 Å². The molecule has 1 aromatic rings. The summed E-state index contributed by atoms with van der Waals surface area (Å²) >= 11 is 5.65. The van der Waals surface area contributed by atoms with Crippen molar-refractivity contribution < 1.29 is 5.11 Å². The second kappa shape index (κ2) is 3.74. The largest absolute Gasteiger partial charge is 0.397 e. The first-order valence-corrected chi connectivity index (χ1v) is 4.06. The van der Waals surface area contributed by atoms with Crippen molar-refractivity contribution in [1.29, 1.82) is 0 Å². The van der Waals surface area contributed by atoms with Crippen molar-refractivity contribution in [3.8, 4) is 0 Å². The molecule has 0 bridgehead atoms. The van der Waals surface area contributed by atoms with Crippen molar-refractivity contribution in [2.75, 3.05) is 5.73 Å². The Labute approximate surface area is 76.2 Å². The Morgan fingerprint density at radius 3 is 2.92 bits per heavy atom. The molecule has 1 atom stereocenters. The number of pyridine rings is 1. The van der Waals surface area contributed by atoms with E-state index < -0.39 is 6.10 Å². The van der Waals surface area contributed by atoms with Crippen molar-refractivity contribution in [1.82, 2.24) is 4.98 Å². The topological polar surface area (TPSA) is 59.1 Å². The number of aromatic nitrogens is 1. The maximum absolute atomic E-state index is 9.08. The van der Waals surface area contributed by atoms with Crippen LogP contribution in [-0.2, 0) is 6.42 Å². The molecule has 0 aliphatic carbocycles. The maximum Gasteiger partial charge on any atom is 0.129 e. The quantitative estimate of drug-likeness (QED) is 0.684. The van der Waals surface area contributed by atoms with Crippen LogP contribution in [0.3, 0.4) is 0 Å². The molecule has 0 radical (unpaired) electrons. The normalized spacial score (nSPS) is 12.9. The molecule has 0 spiro atoms. The number of nitrogen functional groups attached to an aromatic ring is 1. The summed E-state index contributed by atoms with van der Waals surface area (Å²) in [7, 11) is 0. The molecule has 1 unspecified atom stereocenters. The fourth-order valence-corrected chi connectivity index (χ4v) is 1.09. The molecular formula is C8H11ClN2O. The number of nitrogens with two attached hydrogens (primary N) is 1. The first-order valence-electron chi connectivity index (χ1n) is 3.68. The van der Waals surface area contributed by atoms with Gasteiger partial charge in [0.25, 0.3) is 0 Å². The van der Waals surface area contributed by atoms with Gasteiger partial charge in [-0.25, -0.2) is 4.98 Å². The van der Waals surface area contributed by atoms with E-state index in [0.29, 0.717) is 23.0 Å². The van der Waals surface area contributed by atoms with E-state index in [4.69, 9.17) is 22.4 Å². The summed E-state index contributed by atoms with van der Waals surface area (Å²) in [6.07, 6.45) is -0.00915. The van der Waals surface area contributed by atoms with Crippen molar-refractivity contribution in [3.05, 3.63) is 23.0 Å². The molecular weight excluding hydrogens is 176 g/mol. The van der Waals surface area contributed by atoms with Gasteiger partial charge in [-0.15, -0.1) is 0 Å². The van der Waals surface area contributed by atoms with Crippen LogP contribution in [0, 0.1) is 0 Å². The van der Waals surface area contributed by atoms with E-state index in [1.165, 1.54) is 0 Å². The van der Waals surface area contributed by atoms with E-state index in [1.807, 2.05) is 0 Å². The highest BCUT2D eigenvalue weighted by atomic mass is 35.5. The highest BCUT2D eigenvalue weighted by Gasteiger charge is 2.05. The second-order valence-electron chi connectivity index (χ2n) is 2.72. The summed E-state index contributed by atoms with van der Waals surface area (Å²) in [5, 5.41) is 9.49. The molecule has 0 fully saturated rings. The van der Waals surface area contributed by atoms with Gasteiger partial charge in [0.15, 0.2) is 0 Å². The van der Waals surface area contributed by atoms with Crippen LogP contribution in [0.15, 0.2) is 12.1 Å². The number of halogens is 1. The Morgan fingerprint density at radius 1 is 1.67 bits per heavy atom. The number of aliphatic hydroxyl groups excluding tert-OH is 1. The average Bonchev–Trinajstić information content (AvgIpc) is 1.96. The third kappa shape index (κ3) is 2.36. The Morgan fingerprint density at radius 2 is 2.33 bits per heavy atom. The molecule has 3 nitrogen and oxygen atoms in total.